The van der Waals surface area contributed by atoms with E-state index in [1.54, 1.807) is 41.1 Å². The lowest BCUT2D eigenvalue weighted by Crippen LogP contribution is -2.17. The highest BCUT2D eigenvalue weighted by Crippen LogP contribution is 2.25. The standard InChI is InChI=1S/C19H19FN4O3/c1-3-27-19-22-18(13-6-4-7-14(20)10-13)24(23-19)16-9-5-8-15(11-16)21-17(25)12-26-2/h4-11H,3,12H2,1-2H3,(H,21,25). The Morgan fingerprint density at radius 1 is 1.22 bits per heavy atom. The maximum absolute atomic E-state index is 13.7. The molecule has 27 heavy (non-hydrogen) atoms. The van der Waals surface area contributed by atoms with Gasteiger partial charge >= 0.3 is 6.01 Å². The summed E-state index contributed by atoms with van der Waals surface area (Å²) in [5, 5.41) is 7.09. The van der Waals surface area contributed by atoms with Gasteiger partial charge in [-0.15, -0.1) is 5.10 Å². The number of benzene rings is 2. The molecule has 1 heterocycles. The number of nitrogens with zero attached hydrogens (tertiary/aromatic N) is 3. The van der Waals surface area contributed by atoms with E-state index < -0.39 is 0 Å². The third kappa shape index (κ3) is 4.48. The summed E-state index contributed by atoms with van der Waals surface area (Å²) in [6.07, 6.45) is 0. The molecule has 0 atom stereocenters. The van der Waals surface area contributed by atoms with Gasteiger partial charge in [-0.3, -0.25) is 4.79 Å². The largest absolute Gasteiger partial charge is 0.463 e. The molecule has 140 valence electrons. The maximum atomic E-state index is 13.7. The van der Waals surface area contributed by atoms with E-state index in [4.69, 9.17) is 9.47 Å². The van der Waals surface area contributed by atoms with Crippen LogP contribution >= 0.6 is 0 Å². The number of aromatic nitrogens is 3. The minimum absolute atomic E-state index is 0.0451. The molecule has 1 aromatic heterocycles. The van der Waals surface area contributed by atoms with E-state index in [0.717, 1.165) is 0 Å². The third-order valence-electron chi connectivity index (χ3n) is 3.59. The Morgan fingerprint density at radius 3 is 2.78 bits per heavy atom. The van der Waals surface area contributed by atoms with Crippen molar-refractivity contribution >= 4 is 11.6 Å². The zero-order valence-corrected chi connectivity index (χ0v) is 15.0. The second kappa shape index (κ2) is 8.41. The van der Waals surface area contributed by atoms with Crippen molar-refractivity contribution in [1.29, 1.82) is 0 Å². The fraction of sp³-hybridized carbons (Fsp3) is 0.211. The molecule has 0 saturated heterocycles. The van der Waals surface area contributed by atoms with Crippen molar-refractivity contribution in [3.8, 4) is 23.1 Å². The second-order valence-corrected chi connectivity index (χ2v) is 5.60. The van der Waals surface area contributed by atoms with Gasteiger partial charge in [0, 0.05) is 18.4 Å². The van der Waals surface area contributed by atoms with Crippen molar-refractivity contribution in [1.82, 2.24) is 14.8 Å². The number of halogens is 1. The average Bonchev–Trinajstić information content (AvgIpc) is 3.06. The number of carbonyl (C=O) groups is 1. The molecule has 8 heteroatoms. The minimum Gasteiger partial charge on any atom is -0.463 e. The van der Waals surface area contributed by atoms with Crippen LogP contribution in [0.1, 0.15) is 6.92 Å². The van der Waals surface area contributed by atoms with Crippen molar-refractivity contribution < 1.29 is 18.7 Å². The van der Waals surface area contributed by atoms with Gasteiger partial charge in [-0.05, 0) is 37.3 Å². The first-order valence-electron chi connectivity index (χ1n) is 8.35. The number of hydrogen-bond donors (Lipinski definition) is 1. The Balaban J connectivity index is 2.01. The molecule has 0 unspecified atom stereocenters. The van der Waals surface area contributed by atoms with Crippen LogP contribution in [0.25, 0.3) is 17.1 Å². The van der Waals surface area contributed by atoms with Crippen LogP contribution in [0.2, 0.25) is 0 Å². The lowest BCUT2D eigenvalue weighted by Gasteiger charge is -2.09. The lowest BCUT2D eigenvalue weighted by atomic mass is 10.2. The van der Waals surface area contributed by atoms with Gasteiger partial charge in [0.2, 0.25) is 5.91 Å². The molecule has 1 amide bonds. The Labute approximate surface area is 155 Å². The van der Waals surface area contributed by atoms with Gasteiger partial charge in [0.15, 0.2) is 5.82 Å². The summed E-state index contributed by atoms with van der Waals surface area (Å²) in [5.74, 6) is -0.215. The Kier molecular flexibility index (Phi) is 5.77. The molecule has 3 aromatic rings. The van der Waals surface area contributed by atoms with Gasteiger partial charge < -0.3 is 14.8 Å². The minimum atomic E-state index is -0.374. The van der Waals surface area contributed by atoms with Crippen molar-refractivity contribution in [3.63, 3.8) is 0 Å². The second-order valence-electron chi connectivity index (χ2n) is 5.60. The van der Waals surface area contributed by atoms with Crippen LogP contribution in [-0.4, -0.2) is 41.0 Å². The van der Waals surface area contributed by atoms with Gasteiger partial charge in [0.25, 0.3) is 0 Å². The summed E-state index contributed by atoms with van der Waals surface area (Å²) in [6, 6.07) is 13.3. The zero-order valence-electron chi connectivity index (χ0n) is 15.0. The molecule has 0 aliphatic rings. The van der Waals surface area contributed by atoms with Crippen molar-refractivity contribution in [2.45, 2.75) is 6.92 Å². The highest BCUT2D eigenvalue weighted by Gasteiger charge is 2.15. The van der Waals surface area contributed by atoms with E-state index in [0.29, 0.717) is 29.4 Å². The fourth-order valence-electron chi connectivity index (χ4n) is 2.52. The van der Waals surface area contributed by atoms with E-state index in [9.17, 15) is 9.18 Å². The van der Waals surface area contributed by atoms with Gasteiger partial charge in [0.1, 0.15) is 12.4 Å². The summed E-state index contributed by atoms with van der Waals surface area (Å²) in [7, 11) is 1.45. The summed E-state index contributed by atoms with van der Waals surface area (Å²) in [6.45, 7) is 2.19. The highest BCUT2D eigenvalue weighted by molar-refractivity contribution is 5.91. The van der Waals surface area contributed by atoms with Gasteiger partial charge in [-0.1, -0.05) is 18.2 Å². The first kappa shape index (κ1) is 18.5. The lowest BCUT2D eigenvalue weighted by molar-refractivity contribution is -0.119. The van der Waals surface area contributed by atoms with E-state index in [-0.39, 0.29) is 24.3 Å². The Bertz CT molecular complexity index is 942. The molecular weight excluding hydrogens is 351 g/mol. The van der Waals surface area contributed by atoms with Crippen LogP contribution in [0.5, 0.6) is 6.01 Å². The van der Waals surface area contributed by atoms with Crippen LogP contribution in [-0.2, 0) is 9.53 Å². The molecule has 0 spiro atoms. The maximum Gasteiger partial charge on any atom is 0.336 e. The summed E-state index contributed by atoms with van der Waals surface area (Å²) < 4.78 is 25.4. The number of hydrogen-bond acceptors (Lipinski definition) is 5. The average molecular weight is 370 g/mol. The molecule has 0 fully saturated rings. The predicted molar refractivity (Wildman–Crippen MR) is 98.4 cm³/mol. The first-order valence-corrected chi connectivity index (χ1v) is 8.35. The van der Waals surface area contributed by atoms with Crippen LogP contribution < -0.4 is 10.1 Å². The number of carbonyl (C=O) groups excluding carboxylic acids is 1. The molecule has 0 bridgehead atoms. The van der Waals surface area contributed by atoms with E-state index in [1.165, 1.54) is 19.2 Å². The number of ether oxygens (including phenoxy) is 2. The van der Waals surface area contributed by atoms with Crippen molar-refractivity contribution in [2.24, 2.45) is 0 Å². The summed E-state index contributed by atoms with van der Waals surface area (Å²) in [4.78, 5) is 16.1. The topological polar surface area (TPSA) is 78.3 Å². The molecule has 0 aliphatic carbocycles. The van der Waals surface area contributed by atoms with Crippen molar-refractivity contribution in [3.05, 3.63) is 54.3 Å². The van der Waals surface area contributed by atoms with Gasteiger partial charge in [-0.25, -0.2) is 9.07 Å². The van der Waals surface area contributed by atoms with Gasteiger partial charge in [-0.2, -0.15) is 4.98 Å². The van der Waals surface area contributed by atoms with Crippen LogP contribution in [0, 0.1) is 5.82 Å². The number of anilines is 1. The SMILES string of the molecule is CCOc1nc(-c2cccc(F)c2)n(-c2cccc(NC(=O)COC)c2)n1. The van der Waals surface area contributed by atoms with E-state index >= 15 is 0 Å². The highest BCUT2D eigenvalue weighted by atomic mass is 19.1. The monoisotopic (exact) mass is 370 g/mol. The molecule has 0 saturated carbocycles. The molecule has 7 nitrogen and oxygen atoms in total. The summed E-state index contributed by atoms with van der Waals surface area (Å²) in [5.41, 5.74) is 1.78. The van der Waals surface area contributed by atoms with Crippen molar-refractivity contribution in [2.75, 3.05) is 25.6 Å². The first-order chi connectivity index (χ1) is 13.1. The Hall–Kier alpha value is -3.26. The van der Waals surface area contributed by atoms with Crippen LogP contribution in [0.3, 0.4) is 0 Å². The number of methoxy groups -OCH3 is 1. The van der Waals surface area contributed by atoms with E-state index in [2.05, 4.69) is 15.4 Å². The molecule has 2 aromatic carbocycles. The number of rotatable bonds is 7. The normalized spacial score (nSPS) is 10.6. The van der Waals surface area contributed by atoms with E-state index in [1.807, 2.05) is 6.92 Å². The molecule has 1 N–H and O–H groups in total. The number of nitrogens with one attached hydrogen (secondary N) is 1. The third-order valence-corrected chi connectivity index (χ3v) is 3.59. The van der Waals surface area contributed by atoms with Crippen LogP contribution in [0.4, 0.5) is 10.1 Å². The molecular formula is C19H19FN4O3. The molecule has 0 aliphatic heterocycles. The van der Waals surface area contributed by atoms with Gasteiger partial charge in [0.05, 0.1) is 12.3 Å². The van der Waals surface area contributed by atoms with Crippen LogP contribution in [0.15, 0.2) is 48.5 Å². The number of amides is 1. The zero-order chi connectivity index (χ0) is 19.2. The molecule has 0 radical (unpaired) electrons. The smallest absolute Gasteiger partial charge is 0.336 e. The Morgan fingerprint density at radius 2 is 2.04 bits per heavy atom. The molecule has 3 rings (SSSR count). The quantitative estimate of drug-likeness (QED) is 0.692. The fourth-order valence-corrected chi connectivity index (χ4v) is 2.52. The predicted octanol–water partition coefficient (Wildman–Crippen LogP) is 3.06. The summed E-state index contributed by atoms with van der Waals surface area (Å²) >= 11 is 0.